The van der Waals surface area contributed by atoms with Crippen molar-refractivity contribution in [1.29, 1.82) is 0 Å². The van der Waals surface area contributed by atoms with Gasteiger partial charge < -0.3 is 4.74 Å². The van der Waals surface area contributed by atoms with E-state index >= 15 is 0 Å². The Labute approximate surface area is 126 Å². The lowest BCUT2D eigenvalue weighted by molar-refractivity contribution is 0.353. The number of ether oxygens (including phenoxy) is 1. The fraction of sp³-hybridized carbons (Fsp3) is 0.0667. The average Bonchev–Trinajstić information content (AvgIpc) is 2.46. The summed E-state index contributed by atoms with van der Waals surface area (Å²) in [7, 11) is -3.79. The Morgan fingerprint density at radius 2 is 1.95 bits per heavy atom. The molecule has 3 nitrogen and oxygen atoms in total. The SMILES string of the molecule is O=S(=O)(C1=Cc2cc(Cl)ccc2OC1)c1cccc(F)c1. The van der Waals surface area contributed by atoms with Crippen molar-refractivity contribution in [2.45, 2.75) is 4.90 Å². The molecular weight excluding hydrogens is 315 g/mol. The molecule has 21 heavy (non-hydrogen) atoms. The molecule has 0 atom stereocenters. The smallest absolute Gasteiger partial charge is 0.206 e. The quantitative estimate of drug-likeness (QED) is 0.846. The van der Waals surface area contributed by atoms with Crippen molar-refractivity contribution in [3.63, 3.8) is 0 Å². The zero-order chi connectivity index (χ0) is 15.0. The van der Waals surface area contributed by atoms with Crippen molar-refractivity contribution in [3.8, 4) is 5.75 Å². The number of benzene rings is 2. The molecule has 0 aromatic heterocycles. The van der Waals surface area contributed by atoms with Crippen LogP contribution >= 0.6 is 11.6 Å². The van der Waals surface area contributed by atoms with Crippen LogP contribution in [0.3, 0.4) is 0 Å². The summed E-state index contributed by atoms with van der Waals surface area (Å²) in [5.41, 5.74) is 0.587. The first-order chi connectivity index (χ1) is 9.96. The first-order valence-electron chi connectivity index (χ1n) is 6.10. The van der Waals surface area contributed by atoms with Gasteiger partial charge in [0.2, 0.25) is 9.84 Å². The average molecular weight is 325 g/mol. The van der Waals surface area contributed by atoms with Crippen LogP contribution in [-0.2, 0) is 9.84 Å². The number of sulfone groups is 1. The number of halogens is 2. The molecule has 0 fully saturated rings. The molecule has 6 heteroatoms. The summed E-state index contributed by atoms with van der Waals surface area (Å²) in [6, 6.07) is 9.87. The monoisotopic (exact) mass is 324 g/mol. The highest BCUT2D eigenvalue weighted by Gasteiger charge is 2.25. The van der Waals surface area contributed by atoms with Gasteiger partial charge in [0.05, 0.1) is 9.80 Å². The standard InChI is InChI=1S/C15H10ClFO3S/c16-11-4-5-15-10(6-11)7-14(9-20-15)21(18,19)13-3-1-2-12(17)8-13/h1-8H,9H2. The van der Waals surface area contributed by atoms with Crippen molar-refractivity contribution >= 4 is 27.5 Å². The zero-order valence-electron chi connectivity index (χ0n) is 10.7. The molecule has 0 aliphatic carbocycles. The second kappa shape index (κ2) is 5.16. The molecule has 1 aliphatic heterocycles. The second-order valence-corrected chi connectivity index (χ2v) is 6.98. The van der Waals surface area contributed by atoms with Gasteiger partial charge in [-0.25, -0.2) is 12.8 Å². The van der Waals surface area contributed by atoms with Gasteiger partial charge in [0.15, 0.2) is 0 Å². The van der Waals surface area contributed by atoms with Crippen molar-refractivity contribution < 1.29 is 17.5 Å². The minimum Gasteiger partial charge on any atom is -0.488 e. The fourth-order valence-corrected chi connectivity index (χ4v) is 3.57. The Kier molecular flexibility index (Phi) is 3.47. The molecule has 2 aromatic carbocycles. The van der Waals surface area contributed by atoms with E-state index in [9.17, 15) is 12.8 Å². The van der Waals surface area contributed by atoms with E-state index in [1.54, 1.807) is 18.2 Å². The van der Waals surface area contributed by atoms with Crippen LogP contribution in [0.4, 0.5) is 4.39 Å². The van der Waals surface area contributed by atoms with E-state index in [4.69, 9.17) is 16.3 Å². The highest BCUT2D eigenvalue weighted by molar-refractivity contribution is 7.95. The van der Waals surface area contributed by atoms with Crippen LogP contribution in [0.15, 0.2) is 52.3 Å². The summed E-state index contributed by atoms with van der Waals surface area (Å²) < 4.78 is 43.6. The van der Waals surface area contributed by atoms with Crippen molar-refractivity contribution in [3.05, 3.63) is 63.8 Å². The molecule has 0 saturated heterocycles. The third kappa shape index (κ3) is 2.66. The van der Waals surface area contributed by atoms with Crippen LogP contribution in [0.25, 0.3) is 6.08 Å². The van der Waals surface area contributed by atoms with Gasteiger partial charge >= 0.3 is 0 Å². The molecule has 0 radical (unpaired) electrons. The van der Waals surface area contributed by atoms with Gasteiger partial charge in [0.1, 0.15) is 18.2 Å². The van der Waals surface area contributed by atoms with Gasteiger partial charge in [-0.1, -0.05) is 17.7 Å². The molecular formula is C15H10ClFO3S. The topological polar surface area (TPSA) is 43.4 Å². The lowest BCUT2D eigenvalue weighted by Crippen LogP contribution is -2.15. The first kappa shape index (κ1) is 14.1. The predicted molar refractivity (Wildman–Crippen MR) is 78.5 cm³/mol. The number of hydrogen-bond donors (Lipinski definition) is 0. The van der Waals surface area contributed by atoms with Gasteiger partial charge in [-0.2, -0.15) is 0 Å². The first-order valence-corrected chi connectivity index (χ1v) is 7.96. The van der Waals surface area contributed by atoms with Crippen LogP contribution in [-0.4, -0.2) is 15.0 Å². The fourth-order valence-electron chi connectivity index (χ4n) is 2.07. The maximum absolute atomic E-state index is 13.2. The molecule has 1 aliphatic rings. The maximum Gasteiger partial charge on any atom is 0.206 e. The number of fused-ring (bicyclic) bond motifs is 1. The third-order valence-electron chi connectivity index (χ3n) is 3.11. The summed E-state index contributed by atoms with van der Waals surface area (Å²) in [5, 5.41) is 0.484. The summed E-state index contributed by atoms with van der Waals surface area (Å²) >= 11 is 5.89. The largest absolute Gasteiger partial charge is 0.488 e. The lowest BCUT2D eigenvalue weighted by Gasteiger charge is -2.18. The summed E-state index contributed by atoms with van der Waals surface area (Å²) in [6.45, 7) is -0.0898. The number of hydrogen-bond acceptors (Lipinski definition) is 3. The molecule has 0 amide bonds. The highest BCUT2D eigenvalue weighted by atomic mass is 35.5. The molecule has 0 N–H and O–H groups in total. The summed E-state index contributed by atoms with van der Waals surface area (Å²) in [4.78, 5) is -0.0225. The summed E-state index contributed by atoms with van der Waals surface area (Å²) in [6.07, 6.45) is 1.50. The van der Waals surface area contributed by atoms with E-state index in [0.29, 0.717) is 16.3 Å². The Bertz CT molecular complexity index is 844. The van der Waals surface area contributed by atoms with Crippen LogP contribution in [0.2, 0.25) is 5.02 Å². The third-order valence-corrected chi connectivity index (χ3v) is 5.15. The van der Waals surface area contributed by atoms with Crippen molar-refractivity contribution in [2.24, 2.45) is 0 Å². The normalized spacial score (nSPS) is 14.1. The molecule has 1 heterocycles. The minimum absolute atomic E-state index is 0.0721. The predicted octanol–water partition coefficient (Wildman–Crippen LogP) is 3.69. The summed E-state index contributed by atoms with van der Waals surface area (Å²) in [5.74, 6) is -0.0329. The van der Waals surface area contributed by atoms with E-state index < -0.39 is 15.7 Å². The number of rotatable bonds is 2. The van der Waals surface area contributed by atoms with Gasteiger partial charge in [-0.05, 0) is 42.5 Å². The Morgan fingerprint density at radius 3 is 2.71 bits per heavy atom. The minimum atomic E-state index is -3.79. The molecule has 0 saturated carbocycles. The van der Waals surface area contributed by atoms with E-state index in [-0.39, 0.29) is 16.4 Å². The Morgan fingerprint density at radius 1 is 1.14 bits per heavy atom. The van der Waals surface area contributed by atoms with Gasteiger partial charge in [-0.15, -0.1) is 0 Å². The Balaban J connectivity index is 2.08. The molecule has 2 aromatic rings. The van der Waals surface area contributed by atoms with Crippen molar-refractivity contribution in [2.75, 3.05) is 6.61 Å². The molecule has 3 rings (SSSR count). The van der Waals surface area contributed by atoms with Crippen LogP contribution in [0.1, 0.15) is 5.56 Å². The zero-order valence-corrected chi connectivity index (χ0v) is 12.3. The van der Waals surface area contributed by atoms with E-state index in [1.165, 1.54) is 24.3 Å². The van der Waals surface area contributed by atoms with Crippen LogP contribution < -0.4 is 4.74 Å². The second-order valence-electron chi connectivity index (χ2n) is 4.54. The molecule has 0 spiro atoms. The van der Waals surface area contributed by atoms with E-state index in [0.717, 1.165) is 6.07 Å². The van der Waals surface area contributed by atoms with Gasteiger partial charge in [-0.3, -0.25) is 0 Å². The van der Waals surface area contributed by atoms with E-state index in [1.807, 2.05) is 0 Å². The van der Waals surface area contributed by atoms with Crippen molar-refractivity contribution in [1.82, 2.24) is 0 Å². The molecule has 0 unspecified atom stereocenters. The lowest BCUT2D eigenvalue weighted by atomic mass is 10.1. The maximum atomic E-state index is 13.2. The van der Waals surface area contributed by atoms with Crippen LogP contribution in [0, 0.1) is 5.82 Å². The van der Waals surface area contributed by atoms with E-state index in [2.05, 4.69) is 0 Å². The molecule has 0 bridgehead atoms. The van der Waals surface area contributed by atoms with Gasteiger partial charge in [0.25, 0.3) is 0 Å². The Hall–Kier alpha value is -1.85. The van der Waals surface area contributed by atoms with Crippen LogP contribution in [0.5, 0.6) is 5.75 Å². The molecule has 108 valence electrons. The van der Waals surface area contributed by atoms with Gasteiger partial charge in [0, 0.05) is 10.6 Å². The highest BCUT2D eigenvalue weighted by Crippen LogP contribution is 2.32.